The summed E-state index contributed by atoms with van der Waals surface area (Å²) in [5, 5.41) is 23.0. The maximum atomic E-state index is 13.4. The molecule has 1 amide bonds. The lowest BCUT2D eigenvalue weighted by Gasteiger charge is -2.31. The van der Waals surface area contributed by atoms with Crippen molar-refractivity contribution in [2.75, 3.05) is 6.54 Å². The van der Waals surface area contributed by atoms with E-state index >= 15 is 0 Å². The third-order valence-corrected chi connectivity index (χ3v) is 3.86. The molecule has 1 unspecified atom stereocenters. The Balaban J connectivity index is 2.32. The van der Waals surface area contributed by atoms with Crippen LogP contribution in [0.15, 0.2) is 48.5 Å². The van der Waals surface area contributed by atoms with Crippen LogP contribution in [0.25, 0.3) is 0 Å². The van der Waals surface area contributed by atoms with E-state index in [-0.39, 0.29) is 5.02 Å². The summed E-state index contributed by atoms with van der Waals surface area (Å²) in [4.78, 5) is 22.3. The third-order valence-electron chi connectivity index (χ3n) is 3.63. The molecule has 0 aliphatic heterocycles. The quantitative estimate of drug-likeness (QED) is 0.606. The van der Waals surface area contributed by atoms with E-state index in [1.165, 1.54) is 24.3 Å². The molecule has 0 spiro atoms. The van der Waals surface area contributed by atoms with Crippen LogP contribution in [0.4, 0.5) is 18.9 Å². The molecule has 0 saturated carbocycles. The number of nitro benzene ring substituents is 1. The fourth-order valence-electron chi connectivity index (χ4n) is 2.23. The van der Waals surface area contributed by atoms with Crippen molar-refractivity contribution in [1.82, 2.24) is 5.32 Å². The van der Waals surface area contributed by atoms with E-state index in [0.717, 1.165) is 24.3 Å². The SMILES string of the molecule is O=C(NCC(O)(c1ccccc1)C(F)(F)F)c1cc(Cl)ccc1[N+](=O)[O-]. The molecule has 10 heteroatoms. The molecule has 0 heterocycles. The Hall–Kier alpha value is -2.65. The second-order valence-electron chi connectivity index (χ2n) is 5.33. The molecule has 6 nitrogen and oxygen atoms in total. The van der Waals surface area contributed by atoms with Gasteiger partial charge in [-0.05, 0) is 17.7 Å². The van der Waals surface area contributed by atoms with Crippen LogP contribution < -0.4 is 5.32 Å². The number of aliphatic hydroxyl groups is 1. The van der Waals surface area contributed by atoms with Gasteiger partial charge in [0.2, 0.25) is 5.60 Å². The Morgan fingerprint density at radius 3 is 2.35 bits per heavy atom. The molecule has 26 heavy (non-hydrogen) atoms. The molecule has 0 bridgehead atoms. The first kappa shape index (κ1) is 19.7. The molecular formula is C16H12ClF3N2O4. The molecule has 138 valence electrons. The Morgan fingerprint density at radius 1 is 1.19 bits per heavy atom. The van der Waals surface area contributed by atoms with E-state index in [1.54, 1.807) is 0 Å². The number of benzene rings is 2. The van der Waals surface area contributed by atoms with Gasteiger partial charge < -0.3 is 10.4 Å². The number of nitrogens with zero attached hydrogens (tertiary/aromatic N) is 1. The summed E-state index contributed by atoms with van der Waals surface area (Å²) in [5.74, 6) is -1.17. The van der Waals surface area contributed by atoms with Crippen LogP contribution in [0.3, 0.4) is 0 Å². The van der Waals surface area contributed by atoms with Gasteiger partial charge in [0.25, 0.3) is 11.6 Å². The Morgan fingerprint density at radius 2 is 1.81 bits per heavy atom. The highest BCUT2D eigenvalue weighted by atomic mass is 35.5. The van der Waals surface area contributed by atoms with Gasteiger partial charge >= 0.3 is 6.18 Å². The van der Waals surface area contributed by atoms with E-state index in [2.05, 4.69) is 0 Å². The summed E-state index contributed by atoms with van der Waals surface area (Å²) < 4.78 is 40.2. The molecule has 0 aromatic heterocycles. The molecule has 0 fully saturated rings. The zero-order chi connectivity index (χ0) is 19.5. The van der Waals surface area contributed by atoms with Crippen LogP contribution in [0.5, 0.6) is 0 Å². The lowest BCUT2D eigenvalue weighted by molar-refractivity contribution is -0.385. The van der Waals surface area contributed by atoms with E-state index in [0.29, 0.717) is 0 Å². The van der Waals surface area contributed by atoms with Crippen molar-refractivity contribution >= 4 is 23.2 Å². The van der Waals surface area contributed by atoms with Crippen molar-refractivity contribution < 1.29 is 28.0 Å². The monoisotopic (exact) mass is 388 g/mol. The fourth-order valence-corrected chi connectivity index (χ4v) is 2.40. The Bertz CT molecular complexity index is 830. The van der Waals surface area contributed by atoms with Gasteiger partial charge in [0.05, 0.1) is 11.5 Å². The van der Waals surface area contributed by atoms with Crippen LogP contribution in [0.1, 0.15) is 15.9 Å². The van der Waals surface area contributed by atoms with Crippen LogP contribution in [-0.2, 0) is 5.60 Å². The minimum absolute atomic E-state index is 0.00473. The van der Waals surface area contributed by atoms with Gasteiger partial charge in [0, 0.05) is 11.1 Å². The number of carbonyl (C=O) groups is 1. The molecule has 2 rings (SSSR count). The lowest BCUT2D eigenvalue weighted by atomic mass is 9.93. The molecule has 0 radical (unpaired) electrons. The first-order chi connectivity index (χ1) is 12.1. The first-order valence-electron chi connectivity index (χ1n) is 7.13. The highest BCUT2D eigenvalue weighted by Gasteiger charge is 2.55. The molecular weight excluding hydrogens is 377 g/mol. The summed E-state index contributed by atoms with van der Waals surface area (Å²) in [7, 11) is 0. The van der Waals surface area contributed by atoms with Gasteiger partial charge in [-0.1, -0.05) is 41.9 Å². The summed E-state index contributed by atoms with van der Waals surface area (Å²) in [5.41, 5.74) is -4.98. The number of amides is 1. The van der Waals surface area contributed by atoms with E-state index in [4.69, 9.17) is 11.6 Å². The maximum absolute atomic E-state index is 13.4. The predicted molar refractivity (Wildman–Crippen MR) is 86.8 cm³/mol. The zero-order valence-electron chi connectivity index (χ0n) is 13.0. The highest BCUT2D eigenvalue weighted by Crippen LogP contribution is 2.38. The van der Waals surface area contributed by atoms with Crippen molar-refractivity contribution in [3.63, 3.8) is 0 Å². The highest BCUT2D eigenvalue weighted by molar-refractivity contribution is 6.31. The maximum Gasteiger partial charge on any atom is 0.423 e. The first-order valence-corrected chi connectivity index (χ1v) is 7.51. The smallest absolute Gasteiger partial charge is 0.375 e. The standard InChI is InChI=1S/C16H12ClF3N2O4/c17-11-6-7-13(22(25)26)12(8-11)14(23)21-9-15(24,16(18,19)20)10-4-2-1-3-5-10/h1-8,24H,9H2,(H,21,23). The number of carbonyl (C=O) groups excluding carboxylic acids is 1. The molecule has 1 atom stereocenters. The van der Waals surface area contributed by atoms with Crippen molar-refractivity contribution in [2.45, 2.75) is 11.8 Å². The zero-order valence-corrected chi connectivity index (χ0v) is 13.7. The van der Waals surface area contributed by atoms with Crippen LogP contribution in [0.2, 0.25) is 5.02 Å². The minimum atomic E-state index is -5.10. The number of nitro groups is 1. The Labute approximate surface area is 150 Å². The predicted octanol–water partition coefficient (Wildman–Crippen LogP) is 3.43. The van der Waals surface area contributed by atoms with Gasteiger partial charge in [-0.25, -0.2) is 0 Å². The third kappa shape index (κ3) is 3.94. The van der Waals surface area contributed by atoms with Gasteiger partial charge in [-0.3, -0.25) is 14.9 Å². The number of halogens is 4. The summed E-state index contributed by atoms with van der Waals surface area (Å²) >= 11 is 5.69. The summed E-state index contributed by atoms with van der Waals surface area (Å²) in [6.07, 6.45) is -5.10. The van der Waals surface area contributed by atoms with Gasteiger partial charge in [-0.2, -0.15) is 13.2 Å². The van der Waals surface area contributed by atoms with Gasteiger partial charge in [0.1, 0.15) is 5.56 Å². The molecule has 2 aromatic rings. The molecule has 0 saturated heterocycles. The molecule has 2 N–H and O–H groups in total. The van der Waals surface area contributed by atoms with Gasteiger partial charge in [0.15, 0.2) is 0 Å². The van der Waals surface area contributed by atoms with Crippen molar-refractivity contribution in [1.29, 1.82) is 0 Å². The fraction of sp³-hybridized carbons (Fsp3) is 0.188. The lowest BCUT2D eigenvalue weighted by Crippen LogP contribution is -2.51. The average Bonchev–Trinajstić information content (AvgIpc) is 2.58. The van der Waals surface area contributed by atoms with Crippen LogP contribution in [0, 0.1) is 10.1 Å². The molecule has 2 aromatic carbocycles. The van der Waals surface area contributed by atoms with E-state index in [1.807, 2.05) is 5.32 Å². The normalized spacial score (nSPS) is 13.7. The second-order valence-corrected chi connectivity index (χ2v) is 5.76. The van der Waals surface area contributed by atoms with E-state index in [9.17, 15) is 33.2 Å². The Kier molecular flexibility index (Phi) is 5.53. The number of hydrogen-bond acceptors (Lipinski definition) is 4. The number of hydrogen-bond donors (Lipinski definition) is 2. The summed E-state index contributed by atoms with van der Waals surface area (Å²) in [6.45, 7) is -1.23. The number of rotatable bonds is 5. The van der Waals surface area contributed by atoms with Crippen molar-refractivity contribution in [3.05, 3.63) is 74.8 Å². The topological polar surface area (TPSA) is 92.5 Å². The van der Waals surface area contributed by atoms with Crippen molar-refractivity contribution in [3.8, 4) is 0 Å². The largest absolute Gasteiger partial charge is 0.423 e. The number of nitrogens with one attached hydrogen (secondary N) is 1. The number of alkyl halides is 3. The molecule has 0 aliphatic carbocycles. The van der Waals surface area contributed by atoms with E-state index < -0.39 is 46.0 Å². The minimum Gasteiger partial charge on any atom is -0.375 e. The van der Waals surface area contributed by atoms with Crippen LogP contribution in [-0.4, -0.2) is 28.7 Å². The molecule has 0 aliphatic rings. The van der Waals surface area contributed by atoms with Crippen molar-refractivity contribution in [2.24, 2.45) is 0 Å². The summed E-state index contributed by atoms with van der Waals surface area (Å²) in [6, 6.07) is 9.28. The van der Waals surface area contributed by atoms with Gasteiger partial charge in [-0.15, -0.1) is 0 Å². The second kappa shape index (κ2) is 7.30. The van der Waals surface area contributed by atoms with Crippen LogP contribution >= 0.6 is 11.6 Å². The average molecular weight is 389 g/mol.